The largest absolute Gasteiger partial charge is 0.393 e. The van der Waals surface area contributed by atoms with E-state index in [1.165, 1.54) is 5.56 Å². The number of carbonyl (C=O) groups excluding carboxylic acids is 1. The number of nitrogens with zero attached hydrogens (tertiary/aromatic N) is 1. The highest BCUT2D eigenvalue weighted by Crippen LogP contribution is 2.41. The summed E-state index contributed by atoms with van der Waals surface area (Å²) < 4.78 is 5.44. The number of amides is 2. The van der Waals surface area contributed by atoms with Gasteiger partial charge in [0.05, 0.1) is 25.4 Å². The molecule has 4 atom stereocenters. The lowest BCUT2D eigenvalue weighted by molar-refractivity contribution is -0.00439. The number of ether oxygens (including phenoxy) is 1. The number of halogens is 1. The Balaban J connectivity index is 1.57. The molecule has 23 heavy (non-hydrogen) atoms. The van der Waals surface area contributed by atoms with Crippen LogP contribution in [0.2, 0.25) is 5.02 Å². The Morgan fingerprint density at radius 1 is 1.57 bits per heavy atom. The number of rotatable bonds is 4. The van der Waals surface area contributed by atoms with Crippen LogP contribution in [0.25, 0.3) is 0 Å². The second-order valence-electron chi connectivity index (χ2n) is 6.46. The fourth-order valence-corrected chi connectivity index (χ4v) is 3.41. The third kappa shape index (κ3) is 4.16. The van der Waals surface area contributed by atoms with E-state index in [0.717, 1.165) is 11.4 Å². The zero-order chi connectivity index (χ0) is 16.4. The third-order valence-corrected chi connectivity index (χ3v) is 4.71. The van der Waals surface area contributed by atoms with Gasteiger partial charge in [-0.2, -0.15) is 0 Å². The molecule has 0 unspecified atom stereocenters. The second-order valence-corrected chi connectivity index (χ2v) is 6.90. The fraction of sp³-hybridized carbons (Fsp3) is 0.588. The van der Waals surface area contributed by atoms with Crippen LogP contribution in [0.1, 0.15) is 31.2 Å². The topological polar surface area (TPSA) is 61.8 Å². The number of morpholine rings is 1. The van der Waals surface area contributed by atoms with Gasteiger partial charge in [-0.1, -0.05) is 23.7 Å². The maximum absolute atomic E-state index is 12.5. The summed E-state index contributed by atoms with van der Waals surface area (Å²) in [5.74, 6) is 0.342. The summed E-state index contributed by atoms with van der Waals surface area (Å²) in [6.07, 6.45) is 1.03. The van der Waals surface area contributed by atoms with Crippen molar-refractivity contribution >= 4 is 17.6 Å². The number of hydrogen-bond donors (Lipinski definition) is 2. The number of nitrogens with one attached hydrogen (secondary N) is 1. The molecule has 1 aliphatic carbocycles. The Labute approximate surface area is 141 Å². The van der Waals surface area contributed by atoms with E-state index in [9.17, 15) is 9.90 Å². The van der Waals surface area contributed by atoms with E-state index in [2.05, 4.69) is 5.32 Å². The van der Waals surface area contributed by atoms with Crippen LogP contribution in [0, 0.1) is 0 Å². The number of urea groups is 1. The Kier molecular flexibility index (Phi) is 5.09. The van der Waals surface area contributed by atoms with Crippen LogP contribution < -0.4 is 5.32 Å². The van der Waals surface area contributed by atoms with Crippen LogP contribution >= 0.6 is 11.6 Å². The van der Waals surface area contributed by atoms with Gasteiger partial charge < -0.3 is 20.1 Å². The first-order valence-corrected chi connectivity index (χ1v) is 8.51. The van der Waals surface area contributed by atoms with E-state index in [0.29, 0.717) is 32.1 Å². The average Bonchev–Trinajstić information content (AvgIpc) is 3.26. The molecule has 0 radical (unpaired) electrons. The van der Waals surface area contributed by atoms with Crippen molar-refractivity contribution in [2.75, 3.05) is 19.8 Å². The van der Waals surface area contributed by atoms with Crippen molar-refractivity contribution in [3.05, 3.63) is 34.9 Å². The van der Waals surface area contributed by atoms with Gasteiger partial charge in [0, 0.05) is 23.5 Å². The van der Waals surface area contributed by atoms with E-state index < -0.39 is 6.10 Å². The van der Waals surface area contributed by atoms with Gasteiger partial charge in [0.2, 0.25) is 0 Å². The molecule has 126 valence electrons. The molecule has 1 saturated carbocycles. The molecule has 1 heterocycles. The Morgan fingerprint density at radius 3 is 3.13 bits per heavy atom. The summed E-state index contributed by atoms with van der Waals surface area (Å²) in [7, 11) is 0. The quantitative estimate of drug-likeness (QED) is 0.886. The molecule has 3 rings (SSSR count). The predicted octanol–water partition coefficient (Wildman–Crippen LogP) is 2.38. The Hall–Kier alpha value is -1.30. The smallest absolute Gasteiger partial charge is 0.318 e. The minimum atomic E-state index is -0.447. The number of benzene rings is 1. The molecular formula is C17H23ClN2O3. The summed E-state index contributed by atoms with van der Waals surface area (Å²) in [4.78, 5) is 14.3. The van der Waals surface area contributed by atoms with E-state index in [1.54, 1.807) is 11.8 Å². The van der Waals surface area contributed by atoms with Crippen molar-refractivity contribution in [3.8, 4) is 0 Å². The van der Waals surface area contributed by atoms with Crippen molar-refractivity contribution < 1.29 is 14.6 Å². The number of aliphatic hydroxyl groups excluding tert-OH is 1. The first kappa shape index (κ1) is 16.6. The molecular weight excluding hydrogens is 316 g/mol. The van der Waals surface area contributed by atoms with Crippen LogP contribution in [-0.4, -0.2) is 54.0 Å². The van der Waals surface area contributed by atoms with Crippen LogP contribution in [-0.2, 0) is 4.74 Å². The molecule has 5 nitrogen and oxygen atoms in total. The first-order valence-electron chi connectivity index (χ1n) is 8.13. The van der Waals surface area contributed by atoms with Crippen molar-refractivity contribution in [1.82, 2.24) is 10.2 Å². The molecule has 1 saturated heterocycles. The summed E-state index contributed by atoms with van der Waals surface area (Å²) in [5.41, 5.74) is 1.17. The highest BCUT2D eigenvalue weighted by molar-refractivity contribution is 6.30. The molecule has 1 aromatic rings. The van der Waals surface area contributed by atoms with E-state index in [4.69, 9.17) is 16.3 Å². The number of hydrogen-bond acceptors (Lipinski definition) is 3. The maximum Gasteiger partial charge on any atom is 0.318 e. The minimum Gasteiger partial charge on any atom is -0.393 e. The van der Waals surface area contributed by atoms with Gasteiger partial charge in [-0.05, 0) is 37.5 Å². The monoisotopic (exact) mass is 338 g/mol. The fourth-order valence-electron chi connectivity index (χ4n) is 3.21. The SMILES string of the molecule is C[C@H](O)C[C@@H]1COCCN1C(=O)N[C@@H]1C[C@H]1c1cccc(Cl)c1. The zero-order valence-electron chi connectivity index (χ0n) is 13.2. The van der Waals surface area contributed by atoms with Crippen LogP contribution in [0.15, 0.2) is 24.3 Å². The molecule has 1 aliphatic heterocycles. The maximum atomic E-state index is 12.5. The number of carbonyl (C=O) groups is 1. The van der Waals surface area contributed by atoms with Crippen LogP contribution in [0.5, 0.6) is 0 Å². The molecule has 6 heteroatoms. The predicted molar refractivity (Wildman–Crippen MR) is 88.7 cm³/mol. The lowest BCUT2D eigenvalue weighted by Crippen LogP contribution is -2.53. The molecule has 2 aliphatic rings. The molecule has 0 aromatic heterocycles. The first-order chi connectivity index (χ1) is 11.0. The van der Waals surface area contributed by atoms with Crippen molar-refractivity contribution in [1.29, 1.82) is 0 Å². The standard InChI is InChI=1S/C17H23ClN2O3/c1-11(21)7-14-10-23-6-5-20(14)17(22)19-16-9-15(16)12-3-2-4-13(18)8-12/h2-4,8,11,14-16,21H,5-7,9-10H2,1H3,(H,19,22)/t11-,14+,15-,16+/m0/s1. The van der Waals surface area contributed by atoms with Gasteiger partial charge in [0.1, 0.15) is 0 Å². The van der Waals surface area contributed by atoms with Gasteiger partial charge in [-0.15, -0.1) is 0 Å². The summed E-state index contributed by atoms with van der Waals surface area (Å²) in [5, 5.41) is 13.4. The van der Waals surface area contributed by atoms with E-state index >= 15 is 0 Å². The average molecular weight is 339 g/mol. The number of aliphatic hydroxyl groups is 1. The van der Waals surface area contributed by atoms with Gasteiger partial charge in [-0.25, -0.2) is 4.79 Å². The summed E-state index contributed by atoms with van der Waals surface area (Å²) in [6.45, 7) is 3.34. The van der Waals surface area contributed by atoms with Gasteiger partial charge >= 0.3 is 6.03 Å². The minimum absolute atomic E-state index is 0.0616. The molecule has 2 fully saturated rings. The molecule has 2 N–H and O–H groups in total. The van der Waals surface area contributed by atoms with Crippen molar-refractivity contribution in [2.45, 2.75) is 43.9 Å². The van der Waals surface area contributed by atoms with Gasteiger partial charge in [-0.3, -0.25) is 0 Å². The van der Waals surface area contributed by atoms with Gasteiger partial charge in [0.25, 0.3) is 0 Å². The van der Waals surface area contributed by atoms with E-state index in [1.807, 2.05) is 24.3 Å². The lowest BCUT2D eigenvalue weighted by atomic mass is 10.1. The lowest BCUT2D eigenvalue weighted by Gasteiger charge is -2.36. The van der Waals surface area contributed by atoms with Crippen LogP contribution in [0.3, 0.4) is 0 Å². The highest BCUT2D eigenvalue weighted by atomic mass is 35.5. The Morgan fingerprint density at radius 2 is 2.39 bits per heavy atom. The van der Waals surface area contributed by atoms with Crippen molar-refractivity contribution in [2.24, 2.45) is 0 Å². The van der Waals surface area contributed by atoms with E-state index in [-0.39, 0.29) is 18.1 Å². The van der Waals surface area contributed by atoms with Gasteiger partial charge in [0.15, 0.2) is 0 Å². The summed E-state index contributed by atoms with van der Waals surface area (Å²) >= 11 is 6.03. The Bertz CT molecular complexity index is 567. The molecule has 1 aromatic carbocycles. The summed E-state index contributed by atoms with van der Waals surface area (Å²) in [6, 6.07) is 7.85. The molecule has 0 spiro atoms. The highest BCUT2D eigenvalue weighted by Gasteiger charge is 2.41. The second kappa shape index (κ2) is 7.07. The zero-order valence-corrected chi connectivity index (χ0v) is 14.0. The van der Waals surface area contributed by atoms with Crippen LogP contribution in [0.4, 0.5) is 4.79 Å². The normalized spacial score (nSPS) is 28.3. The molecule has 2 amide bonds. The third-order valence-electron chi connectivity index (χ3n) is 4.48. The van der Waals surface area contributed by atoms with Crippen molar-refractivity contribution in [3.63, 3.8) is 0 Å². The molecule has 0 bridgehead atoms.